The Kier molecular flexibility index (Phi) is 5.11. The molecule has 3 aromatic rings. The van der Waals surface area contributed by atoms with Gasteiger partial charge in [0.2, 0.25) is 5.91 Å². The maximum Gasteiger partial charge on any atom is 0.229 e. The number of anilines is 1. The van der Waals surface area contributed by atoms with Crippen LogP contribution in [0.5, 0.6) is 0 Å². The SMILES string of the molecule is Cc1nn(-c2ccccc2)c(C)c1NC(=O)Cc1c(Cl)cccc1Cl. The summed E-state index contributed by atoms with van der Waals surface area (Å²) in [5.74, 6) is -0.186. The van der Waals surface area contributed by atoms with Crippen molar-refractivity contribution in [3.8, 4) is 5.69 Å². The van der Waals surface area contributed by atoms with Crippen LogP contribution in [0.1, 0.15) is 17.0 Å². The van der Waals surface area contributed by atoms with Crippen molar-refractivity contribution in [2.45, 2.75) is 20.3 Å². The summed E-state index contributed by atoms with van der Waals surface area (Å²) in [6.07, 6.45) is 0.105. The number of nitrogens with zero attached hydrogens (tertiary/aromatic N) is 2. The van der Waals surface area contributed by atoms with Gasteiger partial charge < -0.3 is 5.32 Å². The van der Waals surface area contributed by atoms with Gasteiger partial charge in [-0.1, -0.05) is 47.5 Å². The Bertz CT molecular complexity index is 900. The quantitative estimate of drug-likeness (QED) is 0.700. The van der Waals surface area contributed by atoms with Crippen LogP contribution in [0.4, 0.5) is 5.69 Å². The summed E-state index contributed by atoms with van der Waals surface area (Å²) < 4.78 is 1.81. The van der Waals surface area contributed by atoms with Crippen LogP contribution in [0, 0.1) is 13.8 Å². The maximum absolute atomic E-state index is 12.5. The van der Waals surface area contributed by atoms with Crippen LogP contribution in [-0.2, 0) is 11.2 Å². The molecule has 0 saturated heterocycles. The third-order valence-corrected chi connectivity index (χ3v) is 4.66. The summed E-state index contributed by atoms with van der Waals surface area (Å²) in [6, 6.07) is 15.0. The number of rotatable bonds is 4. The Morgan fingerprint density at radius 3 is 2.32 bits per heavy atom. The van der Waals surface area contributed by atoms with Crippen molar-refractivity contribution in [3.63, 3.8) is 0 Å². The number of benzene rings is 2. The molecule has 4 nitrogen and oxygen atoms in total. The zero-order chi connectivity index (χ0) is 18.0. The molecule has 1 N–H and O–H groups in total. The summed E-state index contributed by atoms with van der Waals surface area (Å²) in [5.41, 5.74) is 3.88. The number of carbonyl (C=O) groups excluding carboxylic acids is 1. The number of aromatic nitrogens is 2. The molecular formula is C19H17Cl2N3O. The van der Waals surface area contributed by atoms with E-state index in [1.807, 2.05) is 48.9 Å². The fraction of sp³-hybridized carbons (Fsp3) is 0.158. The van der Waals surface area contributed by atoms with Gasteiger partial charge in [0.1, 0.15) is 0 Å². The van der Waals surface area contributed by atoms with Crippen LogP contribution in [-0.4, -0.2) is 15.7 Å². The van der Waals surface area contributed by atoms with Crippen LogP contribution in [0.15, 0.2) is 48.5 Å². The Morgan fingerprint density at radius 2 is 1.68 bits per heavy atom. The minimum absolute atomic E-state index is 0.105. The second-order valence-corrected chi connectivity index (χ2v) is 6.53. The Hall–Kier alpha value is -2.30. The highest BCUT2D eigenvalue weighted by atomic mass is 35.5. The molecule has 128 valence electrons. The van der Waals surface area contributed by atoms with Crippen LogP contribution in [0.2, 0.25) is 10.0 Å². The third-order valence-electron chi connectivity index (χ3n) is 3.96. The molecule has 1 aromatic heterocycles. The van der Waals surface area contributed by atoms with Crippen molar-refractivity contribution in [1.82, 2.24) is 9.78 Å². The van der Waals surface area contributed by atoms with Gasteiger partial charge in [-0.3, -0.25) is 4.79 Å². The molecular weight excluding hydrogens is 357 g/mol. The first-order valence-electron chi connectivity index (χ1n) is 7.81. The van der Waals surface area contributed by atoms with E-state index in [0.29, 0.717) is 21.3 Å². The van der Waals surface area contributed by atoms with E-state index in [9.17, 15) is 4.79 Å². The van der Waals surface area contributed by atoms with Gasteiger partial charge in [-0.2, -0.15) is 5.10 Å². The topological polar surface area (TPSA) is 46.9 Å². The minimum atomic E-state index is -0.186. The van der Waals surface area contributed by atoms with Gasteiger partial charge in [-0.25, -0.2) is 4.68 Å². The maximum atomic E-state index is 12.5. The second-order valence-electron chi connectivity index (χ2n) is 5.72. The van der Waals surface area contributed by atoms with Gasteiger partial charge in [0, 0.05) is 10.0 Å². The van der Waals surface area contributed by atoms with Gasteiger partial charge in [0.05, 0.1) is 29.2 Å². The van der Waals surface area contributed by atoms with Gasteiger partial charge in [-0.05, 0) is 43.7 Å². The lowest BCUT2D eigenvalue weighted by Crippen LogP contribution is -2.16. The number of carbonyl (C=O) groups is 1. The fourth-order valence-corrected chi connectivity index (χ4v) is 3.22. The van der Waals surface area contributed by atoms with E-state index in [-0.39, 0.29) is 12.3 Å². The highest BCUT2D eigenvalue weighted by Crippen LogP contribution is 2.26. The molecule has 0 spiro atoms. The van der Waals surface area contributed by atoms with E-state index in [4.69, 9.17) is 23.2 Å². The number of hydrogen-bond donors (Lipinski definition) is 1. The normalized spacial score (nSPS) is 10.7. The molecule has 0 aliphatic rings. The molecule has 0 bridgehead atoms. The zero-order valence-corrected chi connectivity index (χ0v) is 15.4. The van der Waals surface area contributed by atoms with E-state index in [1.165, 1.54) is 0 Å². The third kappa shape index (κ3) is 3.70. The van der Waals surface area contributed by atoms with Gasteiger partial charge in [0.15, 0.2) is 0 Å². The predicted molar refractivity (Wildman–Crippen MR) is 102 cm³/mol. The van der Waals surface area contributed by atoms with Crippen molar-refractivity contribution < 1.29 is 4.79 Å². The van der Waals surface area contributed by atoms with Crippen molar-refractivity contribution in [2.75, 3.05) is 5.32 Å². The van der Waals surface area contributed by atoms with Gasteiger partial charge >= 0.3 is 0 Å². The van der Waals surface area contributed by atoms with Crippen molar-refractivity contribution in [2.24, 2.45) is 0 Å². The largest absolute Gasteiger partial charge is 0.323 e. The van der Waals surface area contributed by atoms with E-state index >= 15 is 0 Å². The average Bonchev–Trinajstić information content (AvgIpc) is 2.87. The highest BCUT2D eigenvalue weighted by Gasteiger charge is 2.17. The first kappa shape index (κ1) is 17.5. The molecule has 3 rings (SSSR count). The molecule has 0 saturated carbocycles. The van der Waals surface area contributed by atoms with Crippen LogP contribution >= 0.6 is 23.2 Å². The van der Waals surface area contributed by atoms with Crippen molar-refractivity contribution in [1.29, 1.82) is 0 Å². The molecule has 0 aliphatic carbocycles. The molecule has 1 amide bonds. The number of aryl methyl sites for hydroxylation is 1. The van der Waals surface area contributed by atoms with Crippen LogP contribution in [0.25, 0.3) is 5.69 Å². The average molecular weight is 374 g/mol. The van der Waals surface area contributed by atoms with Gasteiger partial charge in [0.25, 0.3) is 0 Å². The molecule has 0 radical (unpaired) electrons. The molecule has 25 heavy (non-hydrogen) atoms. The number of amides is 1. The second kappa shape index (κ2) is 7.30. The minimum Gasteiger partial charge on any atom is -0.323 e. The van der Waals surface area contributed by atoms with Crippen LogP contribution < -0.4 is 5.32 Å². The molecule has 0 atom stereocenters. The number of nitrogens with one attached hydrogen (secondary N) is 1. The fourth-order valence-electron chi connectivity index (χ4n) is 2.69. The molecule has 6 heteroatoms. The molecule has 0 aliphatic heterocycles. The van der Waals surface area contributed by atoms with Gasteiger partial charge in [-0.15, -0.1) is 0 Å². The molecule has 1 heterocycles. The lowest BCUT2D eigenvalue weighted by Gasteiger charge is -2.09. The number of halogens is 2. The molecule has 2 aromatic carbocycles. The Balaban J connectivity index is 1.84. The first-order chi connectivity index (χ1) is 12.0. The monoisotopic (exact) mass is 373 g/mol. The Labute approximate surface area is 156 Å². The summed E-state index contributed by atoms with van der Waals surface area (Å²) in [7, 11) is 0. The molecule has 0 unspecified atom stereocenters. The van der Waals surface area contributed by atoms with Crippen molar-refractivity contribution >= 4 is 34.8 Å². The summed E-state index contributed by atoms with van der Waals surface area (Å²) >= 11 is 12.3. The molecule has 0 fully saturated rings. The van der Waals surface area contributed by atoms with Crippen molar-refractivity contribution in [3.05, 3.63) is 75.5 Å². The number of hydrogen-bond acceptors (Lipinski definition) is 2. The smallest absolute Gasteiger partial charge is 0.229 e. The van der Waals surface area contributed by atoms with E-state index < -0.39 is 0 Å². The predicted octanol–water partition coefficient (Wildman–Crippen LogP) is 4.98. The van der Waals surface area contributed by atoms with E-state index in [1.54, 1.807) is 18.2 Å². The number of para-hydroxylation sites is 1. The first-order valence-corrected chi connectivity index (χ1v) is 8.57. The lowest BCUT2D eigenvalue weighted by atomic mass is 10.1. The van der Waals surface area contributed by atoms with E-state index in [2.05, 4.69) is 10.4 Å². The van der Waals surface area contributed by atoms with Crippen LogP contribution in [0.3, 0.4) is 0 Å². The zero-order valence-electron chi connectivity index (χ0n) is 13.9. The summed E-state index contributed by atoms with van der Waals surface area (Å²) in [4.78, 5) is 12.5. The summed E-state index contributed by atoms with van der Waals surface area (Å²) in [6.45, 7) is 3.79. The summed E-state index contributed by atoms with van der Waals surface area (Å²) in [5, 5.41) is 8.42. The standard InChI is InChI=1S/C19H17Cl2N3O/c1-12-19(13(2)24(23-12)14-7-4-3-5-8-14)22-18(25)11-15-16(20)9-6-10-17(15)21/h3-10H,11H2,1-2H3,(H,22,25). The van der Waals surface area contributed by atoms with E-state index in [0.717, 1.165) is 17.1 Å². The Morgan fingerprint density at radius 1 is 1.04 bits per heavy atom. The highest BCUT2D eigenvalue weighted by molar-refractivity contribution is 6.36. The lowest BCUT2D eigenvalue weighted by molar-refractivity contribution is -0.115.